The standard InChI is InChI=1S/C37H26ClN3OS/c1-25-11-13-28(14-12-25)35-22-33(27-15-18-30(38)19-16-27)34(23-39)37(40-35)43-24-36(42)41(31-9-3-2-4-10-31)32-20-17-26-7-5-6-8-29(26)21-32/h2-22H,24H2,1H3. The number of rotatable bonds is 7. The molecule has 0 N–H and O–H groups in total. The van der Waals surface area contributed by atoms with Crippen LogP contribution in [0.4, 0.5) is 11.4 Å². The molecule has 0 spiro atoms. The van der Waals surface area contributed by atoms with Crippen LogP contribution in [0, 0.1) is 18.3 Å². The Kier molecular flexibility index (Phi) is 8.24. The lowest BCUT2D eigenvalue weighted by molar-refractivity contribution is -0.115. The van der Waals surface area contributed by atoms with Crippen molar-refractivity contribution in [2.24, 2.45) is 0 Å². The third-order valence-electron chi connectivity index (χ3n) is 7.19. The van der Waals surface area contributed by atoms with Gasteiger partial charge in [0.25, 0.3) is 0 Å². The predicted octanol–water partition coefficient (Wildman–Crippen LogP) is 9.86. The molecule has 4 nitrogen and oxygen atoms in total. The fourth-order valence-electron chi connectivity index (χ4n) is 4.99. The molecule has 0 saturated heterocycles. The summed E-state index contributed by atoms with van der Waals surface area (Å²) in [5.41, 5.74) is 6.37. The number of aromatic nitrogens is 1. The number of pyridine rings is 1. The minimum Gasteiger partial charge on any atom is -0.280 e. The zero-order valence-corrected chi connectivity index (χ0v) is 24.9. The maximum atomic E-state index is 14.0. The molecule has 0 saturated carbocycles. The van der Waals surface area contributed by atoms with Crippen molar-refractivity contribution in [3.05, 3.63) is 144 Å². The van der Waals surface area contributed by atoms with Gasteiger partial charge in [0.1, 0.15) is 11.1 Å². The van der Waals surface area contributed by atoms with Crippen molar-refractivity contribution in [1.82, 2.24) is 4.98 Å². The molecule has 5 aromatic carbocycles. The summed E-state index contributed by atoms with van der Waals surface area (Å²) in [6.45, 7) is 2.04. The first-order valence-corrected chi connectivity index (χ1v) is 15.1. The van der Waals surface area contributed by atoms with Crippen molar-refractivity contribution < 1.29 is 4.79 Å². The number of carbonyl (C=O) groups is 1. The van der Waals surface area contributed by atoms with Crippen molar-refractivity contribution in [2.75, 3.05) is 10.7 Å². The summed E-state index contributed by atoms with van der Waals surface area (Å²) in [6.07, 6.45) is 0. The number of fused-ring (bicyclic) bond motifs is 1. The number of thioether (sulfide) groups is 1. The Bertz CT molecular complexity index is 1970. The van der Waals surface area contributed by atoms with Crippen LogP contribution in [0.25, 0.3) is 33.2 Å². The summed E-state index contributed by atoms with van der Waals surface area (Å²) in [7, 11) is 0. The second-order valence-corrected chi connectivity index (χ2v) is 11.5. The van der Waals surface area contributed by atoms with E-state index in [-0.39, 0.29) is 11.7 Å². The molecule has 1 heterocycles. The van der Waals surface area contributed by atoms with E-state index in [1.165, 1.54) is 11.8 Å². The second kappa shape index (κ2) is 12.5. The number of halogens is 1. The molecule has 0 unspecified atom stereocenters. The van der Waals surface area contributed by atoms with E-state index in [2.05, 4.69) is 12.1 Å². The van der Waals surface area contributed by atoms with Crippen LogP contribution in [0.1, 0.15) is 11.1 Å². The van der Waals surface area contributed by atoms with Crippen LogP contribution in [0.3, 0.4) is 0 Å². The minimum atomic E-state index is -0.119. The van der Waals surface area contributed by atoms with E-state index in [1.54, 1.807) is 4.90 Å². The molecule has 0 fully saturated rings. The number of carbonyl (C=O) groups excluding carboxylic acids is 1. The lowest BCUT2D eigenvalue weighted by atomic mass is 9.99. The van der Waals surface area contributed by atoms with Crippen molar-refractivity contribution in [3.8, 4) is 28.5 Å². The molecular weight excluding hydrogens is 570 g/mol. The number of nitrogens with zero attached hydrogens (tertiary/aromatic N) is 3. The molecule has 1 aromatic heterocycles. The number of benzene rings is 5. The number of amides is 1. The number of hydrogen-bond acceptors (Lipinski definition) is 4. The summed E-state index contributed by atoms with van der Waals surface area (Å²) in [5.74, 6) is -0.0354. The molecule has 0 atom stereocenters. The first-order chi connectivity index (χ1) is 21.0. The molecule has 6 rings (SSSR count). The summed E-state index contributed by atoms with van der Waals surface area (Å²) in [4.78, 5) is 20.7. The Balaban J connectivity index is 1.39. The third-order valence-corrected chi connectivity index (χ3v) is 8.40. The van der Waals surface area contributed by atoms with Gasteiger partial charge in [-0.05, 0) is 65.7 Å². The molecule has 43 heavy (non-hydrogen) atoms. The summed E-state index contributed by atoms with van der Waals surface area (Å²) >= 11 is 7.44. The largest absolute Gasteiger partial charge is 0.280 e. The average Bonchev–Trinajstić information content (AvgIpc) is 3.04. The predicted molar refractivity (Wildman–Crippen MR) is 178 cm³/mol. The molecular formula is C37H26ClN3OS. The van der Waals surface area contributed by atoms with Gasteiger partial charge in [-0.3, -0.25) is 9.69 Å². The number of anilines is 2. The van der Waals surface area contributed by atoms with Crippen LogP contribution in [0.5, 0.6) is 0 Å². The smallest absolute Gasteiger partial charge is 0.241 e. The molecule has 0 aliphatic rings. The van der Waals surface area contributed by atoms with Crippen LogP contribution in [0.2, 0.25) is 5.02 Å². The molecule has 1 amide bonds. The zero-order valence-electron chi connectivity index (χ0n) is 23.4. The molecule has 6 heteroatoms. The van der Waals surface area contributed by atoms with Crippen LogP contribution >= 0.6 is 23.4 Å². The highest BCUT2D eigenvalue weighted by Crippen LogP contribution is 2.36. The zero-order chi connectivity index (χ0) is 29.8. The summed E-state index contributed by atoms with van der Waals surface area (Å²) in [6, 6.07) is 43.5. The number of hydrogen-bond donors (Lipinski definition) is 0. The topological polar surface area (TPSA) is 57.0 Å². The van der Waals surface area contributed by atoms with Crippen LogP contribution in [-0.2, 0) is 4.79 Å². The summed E-state index contributed by atoms with van der Waals surface area (Å²) in [5, 5.41) is 13.6. The van der Waals surface area contributed by atoms with E-state index in [9.17, 15) is 10.1 Å². The molecule has 0 bridgehead atoms. The highest BCUT2D eigenvalue weighted by Gasteiger charge is 2.22. The molecule has 6 aromatic rings. The molecule has 0 aliphatic heterocycles. The number of nitriles is 1. The Hall–Kier alpha value is -4.89. The summed E-state index contributed by atoms with van der Waals surface area (Å²) < 4.78 is 0. The van der Waals surface area contributed by atoms with Gasteiger partial charge in [0, 0.05) is 27.5 Å². The van der Waals surface area contributed by atoms with Gasteiger partial charge in [-0.1, -0.05) is 114 Å². The molecule has 208 valence electrons. The first kappa shape index (κ1) is 28.2. The second-order valence-electron chi connectivity index (χ2n) is 10.1. The van der Waals surface area contributed by atoms with Gasteiger partial charge in [-0.25, -0.2) is 4.98 Å². The third kappa shape index (κ3) is 6.17. The van der Waals surface area contributed by atoms with Crippen molar-refractivity contribution in [1.29, 1.82) is 5.26 Å². The first-order valence-electron chi connectivity index (χ1n) is 13.8. The van der Waals surface area contributed by atoms with Gasteiger partial charge < -0.3 is 0 Å². The van der Waals surface area contributed by atoms with Gasteiger partial charge >= 0.3 is 0 Å². The van der Waals surface area contributed by atoms with Crippen LogP contribution in [-0.4, -0.2) is 16.6 Å². The maximum absolute atomic E-state index is 14.0. The van der Waals surface area contributed by atoms with Gasteiger partial charge in [0.05, 0.1) is 17.0 Å². The Morgan fingerprint density at radius 1 is 0.791 bits per heavy atom. The Labute approximate surface area is 260 Å². The van der Waals surface area contributed by atoms with Crippen LogP contribution < -0.4 is 4.90 Å². The lowest BCUT2D eigenvalue weighted by Crippen LogP contribution is -2.27. The monoisotopic (exact) mass is 595 g/mol. The minimum absolute atomic E-state index is 0.0841. The van der Waals surface area contributed by atoms with E-state index in [0.717, 1.165) is 50.1 Å². The average molecular weight is 596 g/mol. The van der Waals surface area contributed by atoms with Crippen molar-refractivity contribution >= 4 is 51.4 Å². The Morgan fingerprint density at radius 2 is 1.47 bits per heavy atom. The number of aryl methyl sites for hydroxylation is 1. The van der Waals surface area contributed by atoms with Gasteiger partial charge in [-0.15, -0.1) is 0 Å². The molecule has 0 aliphatic carbocycles. The van der Waals surface area contributed by atoms with E-state index < -0.39 is 0 Å². The van der Waals surface area contributed by atoms with E-state index in [0.29, 0.717) is 15.6 Å². The van der Waals surface area contributed by atoms with Gasteiger partial charge in [0.15, 0.2) is 0 Å². The van der Waals surface area contributed by atoms with E-state index >= 15 is 0 Å². The quantitative estimate of drug-likeness (QED) is 0.172. The fraction of sp³-hybridized carbons (Fsp3) is 0.0541. The van der Waals surface area contributed by atoms with Crippen molar-refractivity contribution in [2.45, 2.75) is 11.9 Å². The van der Waals surface area contributed by atoms with Gasteiger partial charge in [-0.2, -0.15) is 5.26 Å². The highest BCUT2D eigenvalue weighted by atomic mass is 35.5. The fourth-order valence-corrected chi connectivity index (χ4v) is 5.97. The SMILES string of the molecule is Cc1ccc(-c2cc(-c3ccc(Cl)cc3)c(C#N)c(SCC(=O)N(c3ccccc3)c3ccc4ccccc4c3)n2)cc1. The van der Waals surface area contributed by atoms with Crippen LogP contribution in [0.15, 0.2) is 132 Å². The lowest BCUT2D eigenvalue weighted by Gasteiger charge is -2.23. The van der Waals surface area contributed by atoms with Crippen molar-refractivity contribution in [3.63, 3.8) is 0 Å². The van der Waals surface area contributed by atoms with E-state index in [1.807, 2.05) is 128 Å². The number of para-hydroxylation sites is 1. The van der Waals surface area contributed by atoms with Gasteiger partial charge in [0.2, 0.25) is 5.91 Å². The highest BCUT2D eigenvalue weighted by molar-refractivity contribution is 8.00. The molecule has 0 radical (unpaired) electrons. The normalized spacial score (nSPS) is 10.8. The maximum Gasteiger partial charge on any atom is 0.241 e. The Morgan fingerprint density at radius 3 is 2.19 bits per heavy atom. The van der Waals surface area contributed by atoms with E-state index in [4.69, 9.17) is 16.6 Å².